The summed E-state index contributed by atoms with van der Waals surface area (Å²) in [5, 5.41) is 0. The topological polar surface area (TPSA) is 70.5 Å². The quantitative estimate of drug-likeness (QED) is 0.153. The van der Waals surface area contributed by atoms with Crippen LogP contribution in [0.3, 0.4) is 0 Å². The number of halogens is 2. The summed E-state index contributed by atoms with van der Waals surface area (Å²) < 4.78 is 46.0. The maximum atomic E-state index is 15.1. The van der Waals surface area contributed by atoms with Crippen LogP contribution in [0.25, 0.3) is 20.8 Å². The molecule has 0 aliphatic carbocycles. The Morgan fingerprint density at radius 3 is 2.45 bits per heavy atom. The minimum atomic E-state index is -0.539. The lowest BCUT2D eigenvalue weighted by Crippen LogP contribution is -2.11. The predicted octanol–water partition coefficient (Wildman–Crippen LogP) is 7.59. The van der Waals surface area contributed by atoms with E-state index in [2.05, 4.69) is 9.97 Å². The Labute approximate surface area is 249 Å². The third kappa shape index (κ3) is 6.57. The number of benzene rings is 2. The van der Waals surface area contributed by atoms with Gasteiger partial charge in [0.2, 0.25) is 0 Å². The number of aromatic nitrogens is 2. The highest BCUT2D eigenvalue weighted by Crippen LogP contribution is 2.39. The molecule has 0 spiro atoms. The van der Waals surface area contributed by atoms with Gasteiger partial charge in [-0.2, -0.15) is 0 Å². The maximum absolute atomic E-state index is 15.1. The van der Waals surface area contributed by atoms with Crippen LogP contribution < -0.4 is 4.74 Å². The average molecular weight is 603 g/mol. The number of thiocarbonyl (C=S) groups is 1. The van der Waals surface area contributed by atoms with Crippen molar-refractivity contribution in [2.24, 2.45) is 0 Å². The van der Waals surface area contributed by atoms with Crippen LogP contribution in [0.5, 0.6) is 11.5 Å². The largest absolute Gasteiger partial charge is 0.453 e. The molecule has 3 aromatic heterocycles. The fourth-order valence-corrected chi connectivity index (χ4v) is 5.99. The minimum absolute atomic E-state index is 0.0681. The Morgan fingerprint density at radius 2 is 1.71 bits per heavy atom. The van der Waals surface area contributed by atoms with Gasteiger partial charge in [0, 0.05) is 48.2 Å². The van der Waals surface area contributed by atoms with Gasteiger partial charge in [0.05, 0.1) is 34.0 Å². The van der Waals surface area contributed by atoms with Crippen LogP contribution in [0.1, 0.15) is 29.4 Å². The summed E-state index contributed by atoms with van der Waals surface area (Å²) in [6, 6.07) is 17.9. The van der Waals surface area contributed by atoms with Gasteiger partial charge in [0.15, 0.2) is 17.9 Å². The van der Waals surface area contributed by atoms with Crippen molar-refractivity contribution in [3.05, 3.63) is 107 Å². The molecule has 0 unspecified atom stereocenters. The van der Waals surface area contributed by atoms with Gasteiger partial charge in [0.25, 0.3) is 0 Å². The van der Waals surface area contributed by atoms with Gasteiger partial charge in [-0.1, -0.05) is 36.5 Å². The highest BCUT2D eigenvalue weighted by Gasteiger charge is 2.19. The highest BCUT2D eigenvalue weighted by molar-refractivity contribution is 7.80. The van der Waals surface area contributed by atoms with E-state index in [9.17, 15) is 9.18 Å². The molecular formula is C32H24F2N2O4S2. The van der Waals surface area contributed by atoms with Crippen molar-refractivity contribution in [2.45, 2.75) is 25.6 Å². The first-order valence-electron chi connectivity index (χ1n) is 13.2. The first-order valence-corrected chi connectivity index (χ1v) is 14.5. The molecule has 6 rings (SSSR count). The Morgan fingerprint density at radius 1 is 0.929 bits per heavy atom. The lowest BCUT2D eigenvalue weighted by molar-refractivity contribution is -0.117. The Kier molecular flexibility index (Phi) is 8.38. The van der Waals surface area contributed by atoms with Gasteiger partial charge < -0.3 is 14.2 Å². The van der Waals surface area contributed by atoms with E-state index >= 15 is 4.39 Å². The monoisotopic (exact) mass is 602 g/mol. The number of carbonyl (C=O) groups is 1. The van der Waals surface area contributed by atoms with Crippen molar-refractivity contribution in [1.82, 2.24) is 9.97 Å². The van der Waals surface area contributed by atoms with E-state index < -0.39 is 5.82 Å². The molecule has 42 heavy (non-hydrogen) atoms. The lowest BCUT2D eigenvalue weighted by atomic mass is 10.0. The van der Waals surface area contributed by atoms with Crippen molar-refractivity contribution < 1.29 is 27.8 Å². The van der Waals surface area contributed by atoms with E-state index in [1.54, 1.807) is 42.7 Å². The number of rotatable bonds is 10. The molecule has 0 N–H and O–H groups in total. The molecule has 0 bridgehead atoms. The molecule has 212 valence electrons. The SMILES string of the molecule is O=C(CC(=S)Cc1ccc(Oc2ccnc3cc(-c4ccc(C5OCCO5)cn4)sc23)c(F)c1)Cc1ccc(F)cc1. The van der Waals surface area contributed by atoms with Crippen molar-refractivity contribution in [3.63, 3.8) is 0 Å². The molecule has 5 aromatic rings. The van der Waals surface area contributed by atoms with Crippen LogP contribution in [0.4, 0.5) is 8.78 Å². The average Bonchev–Trinajstić information content (AvgIpc) is 3.67. The summed E-state index contributed by atoms with van der Waals surface area (Å²) in [5.74, 6) is -0.419. The molecule has 10 heteroatoms. The molecular weight excluding hydrogens is 578 g/mol. The number of hydrogen-bond donors (Lipinski definition) is 0. The van der Waals surface area contributed by atoms with E-state index in [0.29, 0.717) is 34.9 Å². The minimum Gasteiger partial charge on any atom is -0.453 e. The van der Waals surface area contributed by atoms with Crippen LogP contribution in [0.2, 0.25) is 0 Å². The first-order chi connectivity index (χ1) is 20.4. The molecule has 1 fully saturated rings. The van der Waals surface area contributed by atoms with E-state index in [-0.39, 0.29) is 42.9 Å². The van der Waals surface area contributed by atoms with E-state index in [4.69, 9.17) is 26.4 Å². The Bertz CT molecular complexity index is 1750. The Balaban J connectivity index is 1.11. The Hall–Kier alpha value is -3.96. The number of hydrogen-bond acceptors (Lipinski definition) is 8. The number of Topliss-reactive ketones (excluding diaryl/α,β-unsaturated/α-hetero) is 1. The zero-order valence-electron chi connectivity index (χ0n) is 22.2. The van der Waals surface area contributed by atoms with Gasteiger partial charge in [-0.25, -0.2) is 8.78 Å². The molecule has 0 saturated carbocycles. The third-order valence-corrected chi connectivity index (χ3v) is 8.08. The molecule has 4 heterocycles. The van der Waals surface area contributed by atoms with E-state index in [0.717, 1.165) is 26.4 Å². The number of pyridine rings is 2. The van der Waals surface area contributed by atoms with E-state index in [1.807, 2.05) is 18.2 Å². The highest BCUT2D eigenvalue weighted by atomic mass is 32.1. The normalized spacial score (nSPS) is 13.5. The standard InChI is InChI=1S/C32H24F2N2O4S2/c33-22-5-1-19(2-6-22)13-23(37)16-24(41)14-20-3-8-28(25(34)15-20)40-29-9-10-35-27-17-30(42-31(27)29)26-7-4-21(18-36-26)32-38-11-12-39-32/h1-10,15,17-18,32H,11-14,16H2. The van der Waals surface area contributed by atoms with Crippen LogP contribution in [0, 0.1) is 11.6 Å². The predicted molar refractivity (Wildman–Crippen MR) is 160 cm³/mol. The first kappa shape index (κ1) is 28.2. The van der Waals surface area contributed by atoms with Crippen LogP contribution in [-0.2, 0) is 27.1 Å². The van der Waals surface area contributed by atoms with E-state index in [1.165, 1.54) is 29.5 Å². The van der Waals surface area contributed by atoms with Gasteiger partial charge in [-0.05, 0) is 47.5 Å². The van der Waals surface area contributed by atoms with Crippen molar-refractivity contribution >= 4 is 44.4 Å². The number of nitrogens with zero attached hydrogens (tertiary/aromatic N) is 2. The number of carbonyl (C=O) groups excluding carboxylic acids is 1. The fourth-order valence-electron chi connectivity index (χ4n) is 4.62. The summed E-state index contributed by atoms with van der Waals surface area (Å²) >= 11 is 6.86. The summed E-state index contributed by atoms with van der Waals surface area (Å²) in [5.41, 5.74) is 3.71. The molecule has 1 aliphatic heterocycles. The second-order valence-corrected chi connectivity index (χ2v) is 11.4. The third-order valence-electron chi connectivity index (χ3n) is 6.63. The number of fused-ring (bicyclic) bond motifs is 1. The second kappa shape index (κ2) is 12.5. The summed E-state index contributed by atoms with van der Waals surface area (Å²) in [7, 11) is 0. The zero-order chi connectivity index (χ0) is 29.1. The van der Waals surface area contributed by atoms with Crippen molar-refractivity contribution in [1.29, 1.82) is 0 Å². The summed E-state index contributed by atoms with van der Waals surface area (Å²) in [4.78, 5) is 22.8. The fraction of sp³-hybridized carbons (Fsp3) is 0.188. The molecule has 1 aliphatic rings. The smallest absolute Gasteiger partial charge is 0.185 e. The van der Waals surface area contributed by atoms with Crippen LogP contribution >= 0.6 is 23.6 Å². The molecule has 0 radical (unpaired) electrons. The zero-order valence-corrected chi connectivity index (χ0v) is 23.9. The van der Waals surface area contributed by atoms with Crippen molar-refractivity contribution in [2.75, 3.05) is 13.2 Å². The number of thiophene rings is 1. The molecule has 0 amide bonds. The van der Waals surface area contributed by atoms with Crippen molar-refractivity contribution in [3.8, 4) is 22.1 Å². The summed E-state index contributed by atoms with van der Waals surface area (Å²) in [6.07, 6.45) is 3.50. The molecule has 1 saturated heterocycles. The van der Waals surface area contributed by atoms with Gasteiger partial charge in [-0.15, -0.1) is 11.3 Å². The second-order valence-electron chi connectivity index (χ2n) is 9.79. The van der Waals surface area contributed by atoms with Crippen LogP contribution in [0.15, 0.2) is 79.1 Å². The lowest BCUT2D eigenvalue weighted by Gasteiger charge is -2.10. The molecule has 2 aromatic carbocycles. The maximum Gasteiger partial charge on any atom is 0.185 e. The number of ketones is 1. The molecule has 6 nitrogen and oxygen atoms in total. The van der Waals surface area contributed by atoms with Crippen LogP contribution in [-0.4, -0.2) is 33.8 Å². The molecule has 0 atom stereocenters. The van der Waals surface area contributed by atoms with Gasteiger partial charge >= 0.3 is 0 Å². The van der Waals surface area contributed by atoms with Gasteiger partial charge in [0.1, 0.15) is 17.3 Å². The number of ether oxygens (including phenoxy) is 3. The van der Waals surface area contributed by atoms with Gasteiger partial charge in [-0.3, -0.25) is 14.8 Å². The summed E-state index contributed by atoms with van der Waals surface area (Å²) in [6.45, 7) is 1.13.